The molecule has 1 N–H and O–H groups in total. The van der Waals surface area contributed by atoms with Gasteiger partial charge >= 0.3 is 0 Å². The number of nitrogens with one attached hydrogen (secondary N) is 1. The number of hydrogen-bond acceptors (Lipinski definition) is 7. The van der Waals surface area contributed by atoms with E-state index in [-0.39, 0.29) is 0 Å². The molecule has 0 aliphatic rings. The molecule has 6 nitrogen and oxygen atoms in total. The molecule has 7 heteroatoms. The fourth-order valence-corrected chi connectivity index (χ4v) is 1.94. The quantitative estimate of drug-likeness (QED) is 0.856. The minimum absolute atomic E-state index is 0.732. The molecule has 0 atom stereocenters. The maximum atomic E-state index is 5.25. The van der Waals surface area contributed by atoms with Crippen molar-refractivity contribution in [1.29, 1.82) is 0 Å². The van der Waals surface area contributed by atoms with Crippen molar-refractivity contribution in [2.24, 2.45) is 0 Å². The SMILES string of the molecule is COc1ccc(CCNc2nnns2)cc1OC. The van der Waals surface area contributed by atoms with E-state index in [1.807, 2.05) is 18.2 Å². The minimum atomic E-state index is 0.732. The number of aromatic nitrogens is 3. The topological polar surface area (TPSA) is 69.2 Å². The molecule has 2 aromatic rings. The van der Waals surface area contributed by atoms with E-state index in [1.165, 1.54) is 11.5 Å². The van der Waals surface area contributed by atoms with Gasteiger partial charge in [-0.3, -0.25) is 0 Å². The number of ether oxygens (including phenoxy) is 2. The molecule has 0 aliphatic heterocycles. The van der Waals surface area contributed by atoms with Crippen LogP contribution in [0.15, 0.2) is 18.2 Å². The largest absolute Gasteiger partial charge is 0.493 e. The fraction of sp³-hybridized carbons (Fsp3) is 0.364. The molecule has 0 amide bonds. The van der Waals surface area contributed by atoms with E-state index in [1.54, 1.807) is 14.2 Å². The number of methoxy groups -OCH3 is 2. The highest BCUT2D eigenvalue weighted by Crippen LogP contribution is 2.27. The Morgan fingerprint density at radius 3 is 2.72 bits per heavy atom. The second kappa shape index (κ2) is 6.15. The van der Waals surface area contributed by atoms with Gasteiger partial charge in [-0.05, 0) is 29.3 Å². The van der Waals surface area contributed by atoms with Crippen LogP contribution in [-0.4, -0.2) is 35.6 Å². The first-order valence-corrected chi connectivity index (χ1v) is 6.20. The van der Waals surface area contributed by atoms with Crippen LogP contribution in [-0.2, 0) is 6.42 Å². The van der Waals surface area contributed by atoms with Gasteiger partial charge in [0.25, 0.3) is 0 Å². The molecule has 0 saturated carbocycles. The highest BCUT2D eigenvalue weighted by molar-refractivity contribution is 7.09. The van der Waals surface area contributed by atoms with Gasteiger partial charge in [0.2, 0.25) is 5.13 Å². The Balaban J connectivity index is 1.93. The Labute approximate surface area is 109 Å². The fourth-order valence-electron chi connectivity index (χ4n) is 1.55. The van der Waals surface area contributed by atoms with Gasteiger partial charge < -0.3 is 14.8 Å². The van der Waals surface area contributed by atoms with Gasteiger partial charge in [0.15, 0.2) is 11.5 Å². The third-order valence-corrected chi connectivity index (χ3v) is 2.99. The Kier molecular flexibility index (Phi) is 4.30. The summed E-state index contributed by atoms with van der Waals surface area (Å²) in [4.78, 5) is 0. The van der Waals surface area contributed by atoms with Gasteiger partial charge in [-0.25, -0.2) is 0 Å². The van der Waals surface area contributed by atoms with Gasteiger partial charge in [-0.2, -0.15) is 0 Å². The van der Waals surface area contributed by atoms with Gasteiger partial charge in [-0.1, -0.05) is 15.7 Å². The number of anilines is 1. The molecule has 0 spiro atoms. The molecule has 0 unspecified atom stereocenters. The molecular weight excluding hydrogens is 252 g/mol. The summed E-state index contributed by atoms with van der Waals surface area (Å²) in [6, 6.07) is 5.89. The van der Waals surface area contributed by atoms with Crippen molar-refractivity contribution >= 4 is 16.7 Å². The van der Waals surface area contributed by atoms with Crippen molar-refractivity contribution in [1.82, 2.24) is 14.8 Å². The smallest absolute Gasteiger partial charge is 0.225 e. The van der Waals surface area contributed by atoms with Crippen LogP contribution in [0.2, 0.25) is 0 Å². The average molecular weight is 266 g/mol. The summed E-state index contributed by atoms with van der Waals surface area (Å²) in [6.07, 6.45) is 0.861. The van der Waals surface area contributed by atoms with E-state index in [4.69, 9.17) is 9.47 Å². The van der Waals surface area contributed by atoms with Crippen molar-refractivity contribution in [2.75, 3.05) is 26.1 Å². The summed E-state index contributed by atoms with van der Waals surface area (Å²) in [5, 5.41) is 11.2. The summed E-state index contributed by atoms with van der Waals surface area (Å²) in [5.74, 6) is 1.48. The number of nitrogens with zero attached hydrogens (tertiary/aromatic N) is 3. The number of hydrogen-bond donors (Lipinski definition) is 1. The minimum Gasteiger partial charge on any atom is -0.493 e. The lowest BCUT2D eigenvalue weighted by Gasteiger charge is -2.09. The van der Waals surface area contributed by atoms with Crippen LogP contribution in [0.1, 0.15) is 5.56 Å². The van der Waals surface area contributed by atoms with Crippen LogP contribution >= 0.6 is 11.5 Å². The van der Waals surface area contributed by atoms with E-state index < -0.39 is 0 Å². The zero-order chi connectivity index (χ0) is 12.8. The van der Waals surface area contributed by atoms with Crippen molar-refractivity contribution in [3.05, 3.63) is 23.8 Å². The third kappa shape index (κ3) is 3.07. The zero-order valence-electron chi connectivity index (χ0n) is 10.2. The maximum Gasteiger partial charge on any atom is 0.225 e. The second-order valence-electron chi connectivity index (χ2n) is 3.53. The van der Waals surface area contributed by atoms with E-state index in [2.05, 4.69) is 20.1 Å². The van der Waals surface area contributed by atoms with E-state index >= 15 is 0 Å². The summed E-state index contributed by atoms with van der Waals surface area (Å²) < 4.78 is 14.1. The first kappa shape index (κ1) is 12.6. The molecule has 1 aromatic heterocycles. The summed E-state index contributed by atoms with van der Waals surface area (Å²) in [5.41, 5.74) is 1.16. The molecule has 0 aliphatic carbocycles. The van der Waals surface area contributed by atoms with Gasteiger partial charge in [0.05, 0.1) is 14.2 Å². The molecule has 0 radical (unpaired) electrons. The summed E-state index contributed by atoms with van der Waals surface area (Å²) >= 11 is 1.24. The molecule has 2 rings (SSSR count). The highest BCUT2D eigenvalue weighted by atomic mass is 32.1. The Bertz CT molecular complexity index is 490. The zero-order valence-corrected chi connectivity index (χ0v) is 11.0. The lowest BCUT2D eigenvalue weighted by Crippen LogP contribution is -2.04. The first-order valence-electron chi connectivity index (χ1n) is 5.43. The molecule has 0 bridgehead atoms. The molecule has 1 heterocycles. The predicted molar refractivity (Wildman–Crippen MR) is 69.4 cm³/mol. The predicted octanol–water partition coefficient (Wildman–Crippen LogP) is 1.60. The van der Waals surface area contributed by atoms with Crippen molar-refractivity contribution in [3.63, 3.8) is 0 Å². The van der Waals surface area contributed by atoms with Crippen molar-refractivity contribution in [2.45, 2.75) is 6.42 Å². The van der Waals surface area contributed by atoms with Crippen LogP contribution in [0.25, 0.3) is 0 Å². The van der Waals surface area contributed by atoms with E-state index in [9.17, 15) is 0 Å². The third-order valence-electron chi connectivity index (χ3n) is 2.44. The van der Waals surface area contributed by atoms with E-state index in [0.717, 1.165) is 35.2 Å². The monoisotopic (exact) mass is 266 g/mol. The summed E-state index contributed by atoms with van der Waals surface area (Å²) in [7, 11) is 3.26. The van der Waals surface area contributed by atoms with Crippen molar-refractivity contribution in [3.8, 4) is 11.5 Å². The molecule has 18 heavy (non-hydrogen) atoms. The van der Waals surface area contributed by atoms with Gasteiger partial charge in [-0.15, -0.1) is 0 Å². The van der Waals surface area contributed by atoms with Crippen molar-refractivity contribution < 1.29 is 9.47 Å². The first-order chi connectivity index (χ1) is 8.83. The average Bonchev–Trinajstić information content (AvgIpc) is 2.91. The summed E-state index contributed by atoms with van der Waals surface area (Å²) in [6.45, 7) is 0.770. The van der Waals surface area contributed by atoms with Gasteiger partial charge in [0, 0.05) is 18.1 Å². The lowest BCUT2D eigenvalue weighted by molar-refractivity contribution is 0.354. The molecule has 1 aromatic carbocycles. The van der Waals surface area contributed by atoms with Crippen LogP contribution < -0.4 is 14.8 Å². The molecule has 0 saturated heterocycles. The lowest BCUT2D eigenvalue weighted by atomic mass is 10.1. The van der Waals surface area contributed by atoms with E-state index in [0.29, 0.717) is 0 Å². The number of rotatable bonds is 6. The van der Waals surface area contributed by atoms with Crippen LogP contribution in [0, 0.1) is 0 Å². The Hall–Kier alpha value is -1.89. The Morgan fingerprint density at radius 2 is 2.06 bits per heavy atom. The molecular formula is C11H14N4O2S. The Morgan fingerprint density at radius 1 is 1.22 bits per heavy atom. The normalized spacial score (nSPS) is 10.1. The van der Waals surface area contributed by atoms with Crippen LogP contribution in [0.3, 0.4) is 0 Å². The molecule has 96 valence electrons. The van der Waals surface area contributed by atoms with Gasteiger partial charge in [0.1, 0.15) is 0 Å². The standard InChI is InChI=1S/C11H14N4O2S/c1-16-9-4-3-8(7-10(9)17-2)5-6-12-11-13-14-15-18-11/h3-4,7H,5-6H2,1-2H3,(H,12,13,15). The second-order valence-corrected chi connectivity index (χ2v) is 4.27. The van der Waals surface area contributed by atoms with Crippen LogP contribution in [0.4, 0.5) is 5.13 Å². The maximum absolute atomic E-state index is 5.25. The number of benzene rings is 1. The van der Waals surface area contributed by atoms with Crippen LogP contribution in [0.5, 0.6) is 11.5 Å². The molecule has 0 fully saturated rings. The highest BCUT2D eigenvalue weighted by Gasteiger charge is 2.04.